The number of hydrogen-bond acceptors (Lipinski definition) is 12. The average molecular weight is 718 g/mol. The van der Waals surface area contributed by atoms with Gasteiger partial charge in [-0.25, -0.2) is 9.97 Å². The van der Waals surface area contributed by atoms with Crippen LogP contribution in [-0.4, -0.2) is 91.0 Å². The Balaban J connectivity index is 0.908. The van der Waals surface area contributed by atoms with Crippen molar-refractivity contribution in [2.75, 3.05) is 36.4 Å². The van der Waals surface area contributed by atoms with Crippen LogP contribution in [-0.2, 0) is 16.1 Å². The standard InChI is InChI=1S/C38H39N9O6/c1-21-28-19-40-38(43-33(28)46(24-5-3-4-6-24)37(53)32(21)22(2)48)41-30-11-8-25(18-39-30)45-15-13-44(14-16-45)20-23-7-9-26-27(17-23)36(52)47(35(26)51)29-10-12-31(49)42-34(29)50/h7-9,11,17-19,24,29H,3-6,10,12-16,20H2,1-2H3,(H,42,49,50)(H,39,40,41,43). The van der Waals surface area contributed by atoms with Crippen molar-refractivity contribution in [3.05, 3.63) is 80.9 Å². The van der Waals surface area contributed by atoms with Crippen molar-refractivity contribution in [1.82, 2.24) is 34.6 Å². The Kier molecular flexibility index (Phi) is 8.80. The molecule has 4 amide bonds. The van der Waals surface area contributed by atoms with Crippen LogP contribution in [0.15, 0.2) is 47.5 Å². The van der Waals surface area contributed by atoms with E-state index in [1.54, 1.807) is 36.0 Å². The first-order chi connectivity index (χ1) is 25.6. The monoisotopic (exact) mass is 717 g/mol. The van der Waals surface area contributed by atoms with Gasteiger partial charge in [-0.3, -0.25) is 48.5 Å². The molecule has 3 aliphatic heterocycles. The van der Waals surface area contributed by atoms with Crippen LogP contribution in [0.4, 0.5) is 17.5 Å². The number of fused-ring (bicyclic) bond motifs is 2. The van der Waals surface area contributed by atoms with E-state index in [0.717, 1.165) is 68.0 Å². The predicted octanol–water partition coefficient (Wildman–Crippen LogP) is 3.28. The summed E-state index contributed by atoms with van der Waals surface area (Å²) in [6, 6.07) is 8.09. The van der Waals surface area contributed by atoms with E-state index >= 15 is 0 Å². The highest BCUT2D eigenvalue weighted by molar-refractivity contribution is 6.23. The van der Waals surface area contributed by atoms with Crippen LogP contribution in [0.25, 0.3) is 11.0 Å². The molecule has 1 aromatic carbocycles. The Hall–Kier alpha value is -5.83. The molecule has 3 aromatic heterocycles. The topological polar surface area (TPSA) is 180 Å². The molecule has 1 unspecified atom stereocenters. The zero-order valence-electron chi connectivity index (χ0n) is 29.6. The fraction of sp³-hybridized carbons (Fsp3) is 0.395. The number of piperazine rings is 1. The number of imide groups is 2. The molecule has 8 rings (SSSR count). The summed E-state index contributed by atoms with van der Waals surface area (Å²) in [4.78, 5) is 95.7. The molecule has 1 atom stereocenters. The molecule has 0 bridgehead atoms. The Labute approximate surface area is 304 Å². The number of carbonyl (C=O) groups is 5. The van der Waals surface area contributed by atoms with Gasteiger partial charge < -0.3 is 10.2 Å². The van der Waals surface area contributed by atoms with E-state index in [2.05, 4.69) is 30.4 Å². The number of nitrogens with one attached hydrogen (secondary N) is 2. The van der Waals surface area contributed by atoms with E-state index in [1.165, 1.54) is 6.92 Å². The van der Waals surface area contributed by atoms with Gasteiger partial charge in [0.05, 0.1) is 28.6 Å². The first-order valence-electron chi connectivity index (χ1n) is 18.0. The lowest BCUT2D eigenvalue weighted by atomic mass is 10.0. The third-order valence-electron chi connectivity index (χ3n) is 10.9. The van der Waals surface area contributed by atoms with Crippen LogP contribution in [0.2, 0.25) is 0 Å². The van der Waals surface area contributed by atoms with Crippen LogP contribution in [0.5, 0.6) is 0 Å². The zero-order valence-corrected chi connectivity index (χ0v) is 29.6. The second kappa shape index (κ2) is 13.6. The number of aryl methyl sites for hydroxylation is 1. The van der Waals surface area contributed by atoms with Gasteiger partial charge in [0.15, 0.2) is 5.78 Å². The number of piperidine rings is 1. The Morgan fingerprint density at radius 2 is 1.66 bits per heavy atom. The third-order valence-corrected chi connectivity index (χ3v) is 10.9. The molecule has 4 aromatic rings. The number of anilines is 3. The summed E-state index contributed by atoms with van der Waals surface area (Å²) < 4.78 is 1.69. The molecule has 4 aliphatic rings. The van der Waals surface area contributed by atoms with Gasteiger partial charge >= 0.3 is 0 Å². The van der Waals surface area contributed by atoms with E-state index < -0.39 is 29.7 Å². The van der Waals surface area contributed by atoms with E-state index in [4.69, 9.17) is 4.98 Å². The number of pyridine rings is 2. The minimum Gasteiger partial charge on any atom is -0.368 e. The van der Waals surface area contributed by atoms with Gasteiger partial charge in [0.1, 0.15) is 17.5 Å². The zero-order chi connectivity index (χ0) is 37.0. The van der Waals surface area contributed by atoms with Crippen LogP contribution in [0.3, 0.4) is 0 Å². The van der Waals surface area contributed by atoms with Crippen molar-refractivity contribution in [3.63, 3.8) is 0 Å². The average Bonchev–Trinajstić information content (AvgIpc) is 3.75. The summed E-state index contributed by atoms with van der Waals surface area (Å²) in [5.74, 6) is -1.44. The van der Waals surface area contributed by atoms with Gasteiger partial charge in [0.25, 0.3) is 17.4 Å². The van der Waals surface area contributed by atoms with Crippen LogP contribution >= 0.6 is 0 Å². The SMILES string of the molecule is CC(=O)c1c(C)c2cnc(Nc3ccc(N4CCN(Cc5ccc6c(c5)C(=O)N(C5CCC(=O)NC5=O)C6=O)CC4)cn3)nc2n(C2CCCC2)c1=O. The lowest BCUT2D eigenvalue weighted by molar-refractivity contribution is -0.136. The lowest BCUT2D eigenvalue weighted by Crippen LogP contribution is -2.54. The van der Waals surface area contributed by atoms with E-state index in [0.29, 0.717) is 34.9 Å². The first-order valence-corrected chi connectivity index (χ1v) is 18.0. The molecule has 272 valence electrons. The van der Waals surface area contributed by atoms with Crippen LogP contribution < -0.4 is 21.1 Å². The molecular formula is C38H39N9O6. The van der Waals surface area contributed by atoms with Crippen molar-refractivity contribution in [2.24, 2.45) is 0 Å². The molecular weight excluding hydrogens is 678 g/mol. The molecule has 15 nitrogen and oxygen atoms in total. The summed E-state index contributed by atoms with van der Waals surface area (Å²) in [5, 5.41) is 6.09. The first kappa shape index (κ1) is 34.3. The lowest BCUT2D eigenvalue weighted by Gasteiger charge is -2.36. The van der Waals surface area contributed by atoms with Crippen molar-refractivity contribution < 1.29 is 24.0 Å². The summed E-state index contributed by atoms with van der Waals surface area (Å²) >= 11 is 0. The maximum atomic E-state index is 13.5. The summed E-state index contributed by atoms with van der Waals surface area (Å²) in [7, 11) is 0. The molecule has 3 fully saturated rings. The summed E-state index contributed by atoms with van der Waals surface area (Å²) in [5.41, 5.74) is 3.43. The molecule has 0 radical (unpaired) electrons. The number of ketones is 1. The van der Waals surface area contributed by atoms with Crippen molar-refractivity contribution in [2.45, 2.75) is 71.0 Å². The third kappa shape index (κ3) is 6.24. The quantitative estimate of drug-likeness (QED) is 0.201. The second-order valence-electron chi connectivity index (χ2n) is 14.2. The van der Waals surface area contributed by atoms with E-state index in [1.807, 2.05) is 18.2 Å². The smallest absolute Gasteiger partial charge is 0.263 e. The van der Waals surface area contributed by atoms with Crippen molar-refractivity contribution in [1.29, 1.82) is 0 Å². The summed E-state index contributed by atoms with van der Waals surface area (Å²) in [6.45, 7) is 6.84. The maximum absolute atomic E-state index is 13.5. The van der Waals surface area contributed by atoms with Gasteiger partial charge in [0, 0.05) is 56.8 Å². The van der Waals surface area contributed by atoms with Gasteiger partial charge in [-0.1, -0.05) is 18.9 Å². The molecule has 1 aliphatic carbocycles. The number of hydrogen-bond donors (Lipinski definition) is 2. The maximum Gasteiger partial charge on any atom is 0.263 e. The predicted molar refractivity (Wildman–Crippen MR) is 194 cm³/mol. The number of carbonyl (C=O) groups excluding carboxylic acids is 5. The van der Waals surface area contributed by atoms with E-state index in [-0.39, 0.29) is 46.9 Å². The number of nitrogens with zero attached hydrogens (tertiary/aromatic N) is 7. The number of rotatable bonds is 8. The number of amides is 4. The molecule has 0 spiro atoms. The van der Waals surface area contributed by atoms with Crippen LogP contribution in [0, 0.1) is 6.92 Å². The second-order valence-corrected chi connectivity index (χ2v) is 14.2. The molecule has 1 saturated carbocycles. The highest BCUT2D eigenvalue weighted by atomic mass is 16.2. The minimum atomic E-state index is -0.989. The van der Waals surface area contributed by atoms with Crippen LogP contribution in [0.1, 0.15) is 93.7 Å². The largest absolute Gasteiger partial charge is 0.368 e. The highest BCUT2D eigenvalue weighted by Crippen LogP contribution is 2.33. The molecule has 6 heterocycles. The molecule has 15 heteroatoms. The fourth-order valence-electron chi connectivity index (χ4n) is 8.11. The van der Waals surface area contributed by atoms with Gasteiger partial charge in [-0.2, -0.15) is 4.98 Å². The molecule has 2 N–H and O–H groups in total. The van der Waals surface area contributed by atoms with Gasteiger partial charge in [0.2, 0.25) is 17.8 Å². The normalized spacial score (nSPS) is 19.6. The minimum absolute atomic E-state index is 0.00886. The molecule has 2 saturated heterocycles. The van der Waals surface area contributed by atoms with Gasteiger partial charge in [-0.05, 0) is 68.5 Å². The summed E-state index contributed by atoms with van der Waals surface area (Å²) in [6.07, 6.45) is 7.45. The van der Waals surface area contributed by atoms with Crippen molar-refractivity contribution in [3.8, 4) is 0 Å². The number of benzene rings is 1. The Morgan fingerprint density at radius 1 is 0.906 bits per heavy atom. The number of Topliss-reactive ketones (excluding diaryl/α,β-unsaturated/α-hetero) is 1. The van der Waals surface area contributed by atoms with Crippen molar-refractivity contribution >= 4 is 57.9 Å². The van der Waals surface area contributed by atoms with E-state index in [9.17, 15) is 28.8 Å². The number of aromatic nitrogens is 4. The highest BCUT2D eigenvalue weighted by Gasteiger charge is 2.44. The fourth-order valence-corrected chi connectivity index (χ4v) is 8.11. The van der Waals surface area contributed by atoms with Gasteiger partial charge in [-0.15, -0.1) is 0 Å². The Bertz CT molecular complexity index is 2260. The molecule has 53 heavy (non-hydrogen) atoms. The Morgan fingerprint density at radius 3 is 2.36 bits per heavy atom.